The molecule has 0 aliphatic carbocycles. The Kier molecular flexibility index (Phi) is 4.51. The van der Waals surface area contributed by atoms with Crippen LogP contribution in [-0.2, 0) is 13.5 Å². The van der Waals surface area contributed by atoms with Crippen LogP contribution in [0.25, 0.3) is 5.69 Å². The second-order valence-electron chi connectivity index (χ2n) is 5.80. The van der Waals surface area contributed by atoms with Gasteiger partial charge in [0.25, 0.3) is 5.91 Å². The molecule has 8 heteroatoms. The number of para-hydroxylation sites is 1. The molecule has 25 heavy (non-hydrogen) atoms. The van der Waals surface area contributed by atoms with Crippen LogP contribution in [-0.4, -0.2) is 35.8 Å². The number of aromatic nitrogens is 5. The lowest BCUT2D eigenvalue weighted by Crippen LogP contribution is -2.27. The van der Waals surface area contributed by atoms with Gasteiger partial charge in [-0.1, -0.05) is 30.3 Å². The minimum absolute atomic E-state index is 0.0378. The van der Waals surface area contributed by atoms with E-state index in [0.717, 1.165) is 17.7 Å². The van der Waals surface area contributed by atoms with Crippen LogP contribution >= 0.6 is 0 Å². The maximum atomic E-state index is 12.4. The number of nitrogens with one attached hydrogen (secondary N) is 1. The molecule has 1 atom stereocenters. The molecule has 3 rings (SSSR count). The van der Waals surface area contributed by atoms with E-state index in [4.69, 9.17) is 0 Å². The summed E-state index contributed by atoms with van der Waals surface area (Å²) in [5, 5.41) is 24.8. The van der Waals surface area contributed by atoms with Gasteiger partial charge in [0.1, 0.15) is 5.69 Å². The average Bonchev–Trinajstić information content (AvgIpc) is 3.21. The fourth-order valence-electron chi connectivity index (χ4n) is 2.66. The molecule has 0 bridgehead atoms. The predicted molar refractivity (Wildman–Crippen MR) is 91.5 cm³/mol. The largest absolute Gasteiger partial charge is 0.504 e. The maximum absolute atomic E-state index is 12.4. The number of nitrogens with zero attached hydrogens (tertiary/aromatic N) is 5. The van der Waals surface area contributed by atoms with Gasteiger partial charge in [-0.3, -0.25) is 9.48 Å². The minimum atomic E-state index is -0.457. The van der Waals surface area contributed by atoms with E-state index in [2.05, 4.69) is 27.7 Å². The van der Waals surface area contributed by atoms with Crippen LogP contribution in [0.4, 0.5) is 0 Å². The number of amides is 1. The van der Waals surface area contributed by atoms with Crippen molar-refractivity contribution in [2.75, 3.05) is 0 Å². The van der Waals surface area contributed by atoms with Crippen molar-refractivity contribution in [1.29, 1.82) is 0 Å². The van der Waals surface area contributed by atoms with Gasteiger partial charge < -0.3 is 10.4 Å². The van der Waals surface area contributed by atoms with E-state index >= 15 is 0 Å². The molecular formula is C17H20N6O2. The zero-order chi connectivity index (χ0) is 18.0. The molecule has 0 spiro atoms. The highest BCUT2D eigenvalue weighted by atomic mass is 16.3. The van der Waals surface area contributed by atoms with Crippen LogP contribution < -0.4 is 5.32 Å². The highest BCUT2D eigenvalue weighted by molar-refractivity contribution is 5.92. The van der Waals surface area contributed by atoms with Gasteiger partial charge in [0.2, 0.25) is 0 Å². The van der Waals surface area contributed by atoms with Crippen LogP contribution in [0.1, 0.15) is 41.6 Å². The number of carbonyl (C=O) groups is 1. The summed E-state index contributed by atoms with van der Waals surface area (Å²) in [6.07, 6.45) is 3.93. The lowest BCUT2D eigenvalue weighted by Gasteiger charge is -2.10. The molecule has 0 saturated carbocycles. The van der Waals surface area contributed by atoms with Gasteiger partial charge in [-0.2, -0.15) is 5.10 Å². The molecule has 1 unspecified atom stereocenters. The Morgan fingerprint density at radius 2 is 2.08 bits per heavy atom. The lowest BCUT2D eigenvalue weighted by molar-refractivity contribution is 0.0933. The molecular weight excluding hydrogens is 320 g/mol. The van der Waals surface area contributed by atoms with Gasteiger partial charge >= 0.3 is 0 Å². The summed E-state index contributed by atoms with van der Waals surface area (Å²) in [5.74, 6) is -0.339. The average molecular weight is 340 g/mol. The molecule has 1 aromatic carbocycles. The Hall–Kier alpha value is -3.16. The molecule has 0 radical (unpaired) electrons. The fraction of sp³-hybridized carbons (Fsp3) is 0.294. The number of hydrogen-bond donors (Lipinski definition) is 2. The summed E-state index contributed by atoms with van der Waals surface area (Å²) in [7, 11) is 1.70. The van der Waals surface area contributed by atoms with Crippen molar-refractivity contribution in [3.63, 3.8) is 0 Å². The van der Waals surface area contributed by atoms with Gasteiger partial charge in [0, 0.05) is 7.05 Å². The maximum Gasteiger partial charge on any atom is 0.274 e. The number of hydrogen-bond acceptors (Lipinski definition) is 5. The summed E-state index contributed by atoms with van der Waals surface area (Å²) >= 11 is 0. The van der Waals surface area contributed by atoms with E-state index in [1.807, 2.05) is 24.3 Å². The Bertz CT molecular complexity index is 898. The normalized spacial score (nSPS) is 12.1. The number of benzene rings is 1. The SMILES string of the molecule is CCc1ccccc1-n1cc(C(=O)NC(C)c2nn(C)cc2O)nn1. The van der Waals surface area contributed by atoms with Gasteiger partial charge in [-0.05, 0) is 25.0 Å². The fourth-order valence-corrected chi connectivity index (χ4v) is 2.66. The first-order valence-electron chi connectivity index (χ1n) is 8.03. The first-order chi connectivity index (χ1) is 12.0. The van der Waals surface area contributed by atoms with Crippen LogP contribution in [0.2, 0.25) is 0 Å². The third kappa shape index (κ3) is 3.37. The van der Waals surface area contributed by atoms with Crippen molar-refractivity contribution in [1.82, 2.24) is 30.1 Å². The molecule has 3 aromatic rings. The topological polar surface area (TPSA) is 97.9 Å². The molecule has 130 valence electrons. The second kappa shape index (κ2) is 6.76. The van der Waals surface area contributed by atoms with Crippen molar-refractivity contribution in [2.45, 2.75) is 26.3 Å². The molecule has 8 nitrogen and oxygen atoms in total. The summed E-state index contributed by atoms with van der Waals surface area (Å²) in [6, 6.07) is 7.38. The Labute approximate surface area is 145 Å². The summed E-state index contributed by atoms with van der Waals surface area (Å²) in [4.78, 5) is 12.4. The minimum Gasteiger partial charge on any atom is -0.504 e. The van der Waals surface area contributed by atoms with E-state index in [-0.39, 0.29) is 17.4 Å². The van der Waals surface area contributed by atoms with Gasteiger partial charge in [0.05, 0.1) is 24.1 Å². The van der Waals surface area contributed by atoms with Crippen molar-refractivity contribution < 1.29 is 9.90 Å². The van der Waals surface area contributed by atoms with E-state index in [1.165, 1.54) is 10.9 Å². The number of aryl methyl sites for hydroxylation is 2. The highest BCUT2D eigenvalue weighted by Crippen LogP contribution is 2.21. The summed E-state index contributed by atoms with van der Waals surface area (Å²) in [6.45, 7) is 3.81. The third-order valence-corrected chi connectivity index (χ3v) is 3.94. The van der Waals surface area contributed by atoms with Crippen molar-refractivity contribution in [3.05, 3.63) is 53.6 Å². The Morgan fingerprint density at radius 1 is 1.32 bits per heavy atom. The van der Waals surface area contributed by atoms with Crippen LogP contribution in [0.5, 0.6) is 5.75 Å². The summed E-state index contributed by atoms with van der Waals surface area (Å²) < 4.78 is 3.09. The molecule has 0 aliphatic rings. The molecule has 1 amide bonds. The first kappa shape index (κ1) is 16.7. The van der Waals surface area contributed by atoms with E-state index in [9.17, 15) is 9.90 Å². The van der Waals surface area contributed by atoms with E-state index in [1.54, 1.807) is 24.9 Å². The molecule has 0 fully saturated rings. The Morgan fingerprint density at radius 3 is 2.76 bits per heavy atom. The smallest absolute Gasteiger partial charge is 0.274 e. The lowest BCUT2D eigenvalue weighted by atomic mass is 10.1. The first-order valence-corrected chi connectivity index (χ1v) is 8.03. The van der Waals surface area contributed by atoms with Crippen molar-refractivity contribution in [2.24, 2.45) is 7.05 Å². The van der Waals surface area contributed by atoms with Crippen molar-refractivity contribution >= 4 is 5.91 Å². The molecule has 2 heterocycles. The predicted octanol–water partition coefficient (Wildman–Crippen LogP) is 1.76. The highest BCUT2D eigenvalue weighted by Gasteiger charge is 2.20. The van der Waals surface area contributed by atoms with Crippen LogP contribution in [0.15, 0.2) is 36.7 Å². The molecule has 0 saturated heterocycles. The summed E-state index contributed by atoms with van der Waals surface area (Å²) in [5.41, 5.74) is 2.62. The van der Waals surface area contributed by atoms with Gasteiger partial charge in [-0.15, -0.1) is 5.10 Å². The van der Waals surface area contributed by atoms with Crippen molar-refractivity contribution in [3.8, 4) is 11.4 Å². The zero-order valence-corrected chi connectivity index (χ0v) is 14.3. The third-order valence-electron chi connectivity index (χ3n) is 3.94. The molecule has 2 aromatic heterocycles. The zero-order valence-electron chi connectivity index (χ0n) is 14.3. The quantitative estimate of drug-likeness (QED) is 0.737. The monoisotopic (exact) mass is 340 g/mol. The van der Waals surface area contributed by atoms with Gasteiger partial charge in [-0.25, -0.2) is 4.68 Å². The molecule has 0 aliphatic heterocycles. The number of carbonyl (C=O) groups excluding carboxylic acids is 1. The van der Waals surface area contributed by atoms with Crippen LogP contribution in [0.3, 0.4) is 0 Å². The van der Waals surface area contributed by atoms with Gasteiger partial charge in [0.15, 0.2) is 11.4 Å². The second-order valence-corrected chi connectivity index (χ2v) is 5.80. The number of aromatic hydroxyl groups is 1. The Balaban J connectivity index is 1.78. The van der Waals surface area contributed by atoms with Crippen LogP contribution in [0, 0.1) is 0 Å². The number of rotatable bonds is 5. The standard InChI is InChI=1S/C17H20N6O2/c1-4-12-7-5-6-8-14(12)23-9-13(19-21-23)17(25)18-11(2)16-15(24)10-22(3)20-16/h5-11,24H,4H2,1-3H3,(H,18,25). The van der Waals surface area contributed by atoms with E-state index < -0.39 is 6.04 Å². The molecule has 2 N–H and O–H groups in total. The van der Waals surface area contributed by atoms with E-state index in [0.29, 0.717) is 5.69 Å².